The Bertz CT molecular complexity index is 747. The van der Waals surface area contributed by atoms with Crippen molar-refractivity contribution in [2.24, 2.45) is 0 Å². The van der Waals surface area contributed by atoms with Gasteiger partial charge in [-0.1, -0.05) is 11.6 Å². The molecule has 106 valence electrons. The topological polar surface area (TPSA) is 62.6 Å². The third-order valence-corrected chi connectivity index (χ3v) is 3.26. The lowest BCUT2D eigenvalue weighted by molar-refractivity contribution is -0.113. The number of carbonyl (C=O) groups excluding carboxylic acids is 2. The molecule has 0 unspecified atom stereocenters. The second-order valence-electron chi connectivity index (χ2n) is 4.55. The number of urea groups is 1. The molecule has 1 N–H and O–H groups in total. The fraction of sp³-hybridized carbons (Fsp3) is 0.0667. The van der Waals surface area contributed by atoms with Gasteiger partial charge in [0, 0.05) is 11.1 Å². The van der Waals surface area contributed by atoms with Crippen LogP contribution in [0, 0.1) is 6.92 Å². The Morgan fingerprint density at radius 3 is 2.48 bits per heavy atom. The van der Waals surface area contributed by atoms with Crippen LogP contribution >= 0.6 is 11.6 Å². The van der Waals surface area contributed by atoms with E-state index in [-0.39, 0.29) is 5.70 Å². The zero-order valence-electron chi connectivity index (χ0n) is 11.1. The molecule has 0 atom stereocenters. The molecule has 1 aliphatic rings. The number of aryl methyl sites for hydroxylation is 1. The molecule has 5 nitrogen and oxygen atoms in total. The van der Waals surface area contributed by atoms with Crippen molar-refractivity contribution in [3.63, 3.8) is 0 Å². The van der Waals surface area contributed by atoms with Gasteiger partial charge in [0.1, 0.15) is 17.2 Å². The van der Waals surface area contributed by atoms with Crippen molar-refractivity contribution in [3.8, 4) is 0 Å². The Balaban J connectivity index is 1.92. The molecule has 0 radical (unpaired) electrons. The van der Waals surface area contributed by atoms with Crippen LogP contribution in [0.4, 0.5) is 10.5 Å². The van der Waals surface area contributed by atoms with Gasteiger partial charge >= 0.3 is 6.03 Å². The van der Waals surface area contributed by atoms with Crippen molar-refractivity contribution < 1.29 is 14.0 Å². The lowest BCUT2D eigenvalue weighted by atomic mass is 10.3. The Hall–Kier alpha value is -2.53. The van der Waals surface area contributed by atoms with Crippen molar-refractivity contribution >= 4 is 35.3 Å². The van der Waals surface area contributed by atoms with Crippen LogP contribution < -0.4 is 10.2 Å². The van der Waals surface area contributed by atoms with Crippen LogP contribution in [0.5, 0.6) is 0 Å². The summed E-state index contributed by atoms with van der Waals surface area (Å²) in [4.78, 5) is 25.3. The van der Waals surface area contributed by atoms with Crippen molar-refractivity contribution in [2.45, 2.75) is 6.92 Å². The maximum atomic E-state index is 12.3. The van der Waals surface area contributed by atoms with Gasteiger partial charge in [-0.15, -0.1) is 0 Å². The first-order valence-electron chi connectivity index (χ1n) is 6.24. The maximum absolute atomic E-state index is 12.3. The first-order chi connectivity index (χ1) is 10.0. The number of halogens is 1. The Kier molecular flexibility index (Phi) is 3.27. The second-order valence-corrected chi connectivity index (χ2v) is 4.99. The normalized spacial score (nSPS) is 16.7. The van der Waals surface area contributed by atoms with E-state index in [0.29, 0.717) is 16.5 Å². The molecule has 3 rings (SSSR count). The maximum Gasteiger partial charge on any atom is 0.333 e. The van der Waals surface area contributed by atoms with Gasteiger partial charge in [0.15, 0.2) is 0 Å². The standard InChI is InChI=1S/C15H11ClN2O3/c1-9-2-7-12(21-9)8-13-14(19)18(15(20)17-13)11-5-3-10(16)4-6-11/h2-8H,1H3,(H,17,20)/b13-8+. The summed E-state index contributed by atoms with van der Waals surface area (Å²) >= 11 is 5.80. The quantitative estimate of drug-likeness (QED) is 0.683. The summed E-state index contributed by atoms with van der Waals surface area (Å²) in [6.45, 7) is 1.80. The molecule has 2 aromatic rings. The van der Waals surface area contributed by atoms with E-state index >= 15 is 0 Å². The Morgan fingerprint density at radius 2 is 1.86 bits per heavy atom. The summed E-state index contributed by atoms with van der Waals surface area (Å²) in [5.74, 6) is 0.804. The molecular formula is C15H11ClN2O3. The lowest BCUT2D eigenvalue weighted by Crippen LogP contribution is -2.30. The van der Waals surface area contributed by atoms with Crippen LogP contribution in [0.15, 0.2) is 46.5 Å². The Labute approximate surface area is 125 Å². The monoisotopic (exact) mass is 302 g/mol. The molecule has 0 spiro atoms. The molecule has 0 bridgehead atoms. The smallest absolute Gasteiger partial charge is 0.333 e. The van der Waals surface area contributed by atoms with Gasteiger partial charge < -0.3 is 9.73 Å². The zero-order valence-corrected chi connectivity index (χ0v) is 11.8. The average Bonchev–Trinajstić information content (AvgIpc) is 2.96. The summed E-state index contributed by atoms with van der Waals surface area (Å²) in [5, 5.41) is 3.06. The number of anilines is 1. The first-order valence-corrected chi connectivity index (χ1v) is 6.61. The number of furan rings is 1. The second kappa shape index (κ2) is 5.10. The van der Waals surface area contributed by atoms with E-state index < -0.39 is 11.9 Å². The number of imide groups is 1. The molecule has 1 fully saturated rings. The van der Waals surface area contributed by atoms with E-state index in [1.807, 2.05) is 0 Å². The van der Waals surface area contributed by atoms with Crippen LogP contribution in [0.2, 0.25) is 5.02 Å². The van der Waals surface area contributed by atoms with Crippen LogP contribution in [0.1, 0.15) is 11.5 Å². The number of rotatable bonds is 2. The predicted molar refractivity (Wildman–Crippen MR) is 78.9 cm³/mol. The number of amides is 3. The summed E-state index contributed by atoms with van der Waals surface area (Å²) in [7, 11) is 0. The van der Waals surface area contributed by atoms with E-state index in [9.17, 15) is 9.59 Å². The van der Waals surface area contributed by atoms with Crippen LogP contribution in [0.25, 0.3) is 6.08 Å². The molecule has 0 aliphatic carbocycles. The highest BCUT2D eigenvalue weighted by Crippen LogP contribution is 2.24. The molecule has 0 saturated carbocycles. The number of hydrogen-bond acceptors (Lipinski definition) is 3. The average molecular weight is 303 g/mol. The molecule has 1 saturated heterocycles. The fourth-order valence-corrected chi connectivity index (χ4v) is 2.16. The molecular weight excluding hydrogens is 292 g/mol. The highest BCUT2D eigenvalue weighted by molar-refractivity contribution is 6.31. The summed E-state index contributed by atoms with van der Waals surface area (Å²) in [6.07, 6.45) is 1.50. The van der Waals surface area contributed by atoms with E-state index in [1.54, 1.807) is 43.3 Å². The number of nitrogens with one attached hydrogen (secondary N) is 1. The van der Waals surface area contributed by atoms with Gasteiger partial charge in [0.2, 0.25) is 0 Å². The van der Waals surface area contributed by atoms with Crippen molar-refractivity contribution in [1.82, 2.24) is 5.32 Å². The van der Waals surface area contributed by atoms with Gasteiger partial charge in [-0.05, 0) is 43.3 Å². The Morgan fingerprint density at radius 1 is 1.14 bits per heavy atom. The van der Waals surface area contributed by atoms with Crippen molar-refractivity contribution in [1.29, 1.82) is 0 Å². The highest BCUT2D eigenvalue weighted by Gasteiger charge is 2.34. The number of nitrogens with zero attached hydrogens (tertiary/aromatic N) is 1. The minimum atomic E-state index is -0.503. The van der Waals surface area contributed by atoms with E-state index in [4.69, 9.17) is 16.0 Å². The van der Waals surface area contributed by atoms with Crippen molar-refractivity contribution in [2.75, 3.05) is 4.90 Å². The molecule has 1 aromatic carbocycles. The minimum Gasteiger partial charge on any atom is -0.462 e. The number of hydrogen-bond donors (Lipinski definition) is 1. The molecule has 21 heavy (non-hydrogen) atoms. The SMILES string of the molecule is Cc1ccc(/C=C2/NC(=O)N(c3ccc(Cl)cc3)C2=O)o1. The van der Waals surface area contributed by atoms with Gasteiger partial charge in [-0.2, -0.15) is 0 Å². The van der Waals surface area contributed by atoms with Gasteiger partial charge in [0.05, 0.1) is 5.69 Å². The molecule has 3 amide bonds. The largest absolute Gasteiger partial charge is 0.462 e. The fourth-order valence-electron chi connectivity index (χ4n) is 2.03. The van der Waals surface area contributed by atoms with Gasteiger partial charge in [-0.3, -0.25) is 4.79 Å². The number of carbonyl (C=O) groups is 2. The van der Waals surface area contributed by atoms with E-state index in [0.717, 1.165) is 10.7 Å². The molecule has 2 heterocycles. The summed E-state index contributed by atoms with van der Waals surface area (Å²) in [5.41, 5.74) is 0.630. The lowest BCUT2D eigenvalue weighted by Gasteiger charge is -2.11. The third-order valence-electron chi connectivity index (χ3n) is 3.01. The van der Waals surface area contributed by atoms with Crippen LogP contribution in [0.3, 0.4) is 0 Å². The number of benzene rings is 1. The summed E-state index contributed by atoms with van der Waals surface area (Å²) in [6, 6.07) is 9.47. The van der Waals surface area contributed by atoms with Gasteiger partial charge in [-0.25, -0.2) is 9.69 Å². The van der Waals surface area contributed by atoms with Crippen molar-refractivity contribution in [3.05, 3.63) is 58.6 Å². The summed E-state index contributed by atoms with van der Waals surface area (Å²) < 4.78 is 5.37. The van der Waals surface area contributed by atoms with E-state index in [2.05, 4.69) is 5.32 Å². The zero-order chi connectivity index (χ0) is 15.0. The van der Waals surface area contributed by atoms with Gasteiger partial charge in [0.25, 0.3) is 5.91 Å². The molecule has 1 aromatic heterocycles. The van der Waals surface area contributed by atoms with E-state index in [1.165, 1.54) is 6.08 Å². The third kappa shape index (κ3) is 2.55. The molecule has 6 heteroatoms. The first kappa shape index (κ1) is 13.5. The predicted octanol–water partition coefficient (Wildman–Crippen LogP) is 3.34. The minimum absolute atomic E-state index is 0.171. The van der Waals surface area contributed by atoms with Crippen LogP contribution in [-0.4, -0.2) is 11.9 Å². The highest BCUT2D eigenvalue weighted by atomic mass is 35.5. The van der Waals surface area contributed by atoms with Crippen LogP contribution in [-0.2, 0) is 4.79 Å². The molecule has 1 aliphatic heterocycles.